The molecule has 2 aromatic carbocycles. The quantitative estimate of drug-likeness (QED) is 0.738. The van der Waals surface area contributed by atoms with Crippen LogP contribution < -0.4 is 15.1 Å². The minimum Gasteiger partial charge on any atom is -0.489 e. The molecule has 0 amide bonds. The summed E-state index contributed by atoms with van der Waals surface area (Å²) in [6, 6.07) is 18.8. The van der Waals surface area contributed by atoms with E-state index in [2.05, 4.69) is 0 Å². The van der Waals surface area contributed by atoms with E-state index in [4.69, 9.17) is 9.57 Å². The fraction of sp³-hybridized carbons (Fsp3) is 0.118. The SMILES string of the molecule is COn1c(=O)ccc2ccc(OCc3ccccc3)cc21. The zero-order valence-electron chi connectivity index (χ0n) is 11.7. The molecule has 1 aromatic heterocycles. The van der Waals surface area contributed by atoms with Crippen LogP contribution in [0.3, 0.4) is 0 Å². The zero-order chi connectivity index (χ0) is 14.7. The molecule has 0 N–H and O–H groups in total. The highest BCUT2D eigenvalue weighted by molar-refractivity contribution is 5.80. The lowest BCUT2D eigenvalue weighted by Gasteiger charge is -2.10. The molecule has 0 aliphatic rings. The Balaban J connectivity index is 1.91. The van der Waals surface area contributed by atoms with Gasteiger partial charge in [-0.15, -0.1) is 4.73 Å². The predicted molar refractivity (Wildman–Crippen MR) is 81.5 cm³/mol. The van der Waals surface area contributed by atoms with Gasteiger partial charge in [0.05, 0.1) is 5.52 Å². The summed E-state index contributed by atoms with van der Waals surface area (Å²) in [5.74, 6) is 0.697. The topological polar surface area (TPSA) is 40.5 Å². The van der Waals surface area contributed by atoms with Crippen molar-refractivity contribution in [3.05, 3.63) is 76.6 Å². The molecular formula is C17H15NO3. The molecule has 0 aliphatic heterocycles. The van der Waals surface area contributed by atoms with E-state index < -0.39 is 0 Å². The van der Waals surface area contributed by atoms with E-state index in [-0.39, 0.29) is 5.56 Å². The Kier molecular flexibility index (Phi) is 3.60. The summed E-state index contributed by atoms with van der Waals surface area (Å²) < 4.78 is 7.02. The van der Waals surface area contributed by atoms with Crippen LogP contribution in [-0.4, -0.2) is 11.8 Å². The Morgan fingerprint density at radius 3 is 2.52 bits per heavy atom. The maximum absolute atomic E-state index is 11.8. The van der Waals surface area contributed by atoms with Crippen LogP contribution in [0.25, 0.3) is 10.9 Å². The first kappa shape index (κ1) is 13.2. The van der Waals surface area contributed by atoms with E-state index in [0.717, 1.165) is 10.9 Å². The van der Waals surface area contributed by atoms with Gasteiger partial charge in [-0.1, -0.05) is 30.3 Å². The van der Waals surface area contributed by atoms with Gasteiger partial charge in [0.2, 0.25) is 0 Å². The van der Waals surface area contributed by atoms with Crippen molar-refractivity contribution in [3.63, 3.8) is 0 Å². The maximum Gasteiger partial charge on any atom is 0.283 e. The summed E-state index contributed by atoms with van der Waals surface area (Å²) in [5.41, 5.74) is 1.58. The summed E-state index contributed by atoms with van der Waals surface area (Å²) in [6.07, 6.45) is 0. The van der Waals surface area contributed by atoms with E-state index in [1.54, 1.807) is 6.07 Å². The summed E-state index contributed by atoms with van der Waals surface area (Å²) in [6.45, 7) is 0.483. The number of fused-ring (bicyclic) bond motifs is 1. The smallest absolute Gasteiger partial charge is 0.283 e. The van der Waals surface area contributed by atoms with Crippen molar-refractivity contribution in [2.45, 2.75) is 6.61 Å². The summed E-state index contributed by atoms with van der Waals surface area (Å²) in [7, 11) is 1.47. The number of hydrogen-bond donors (Lipinski definition) is 0. The van der Waals surface area contributed by atoms with Crippen LogP contribution in [-0.2, 0) is 6.61 Å². The van der Waals surface area contributed by atoms with Gasteiger partial charge in [0.15, 0.2) is 0 Å². The molecule has 0 atom stereocenters. The second-order valence-corrected chi connectivity index (χ2v) is 4.64. The van der Waals surface area contributed by atoms with Crippen molar-refractivity contribution < 1.29 is 9.57 Å². The Bertz CT molecular complexity index is 809. The Labute approximate surface area is 122 Å². The average Bonchev–Trinajstić information content (AvgIpc) is 2.53. The van der Waals surface area contributed by atoms with Crippen LogP contribution in [0.15, 0.2) is 65.5 Å². The van der Waals surface area contributed by atoms with E-state index in [1.165, 1.54) is 17.9 Å². The Hall–Kier alpha value is -2.75. The maximum atomic E-state index is 11.8. The van der Waals surface area contributed by atoms with Gasteiger partial charge in [0, 0.05) is 17.5 Å². The van der Waals surface area contributed by atoms with Gasteiger partial charge < -0.3 is 9.57 Å². The highest BCUT2D eigenvalue weighted by atomic mass is 16.6. The number of hydrogen-bond acceptors (Lipinski definition) is 3. The third kappa shape index (κ3) is 2.74. The lowest BCUT2D eigenvalue weighted by atomic mass is 10.2. The lowest BCUT2D eigenvalue weighted by molar-refractivity contribution is 0.169. The Morgan fingerprint density at radius 2 is 1.76 bits per heavy atom. The van der Waals surface area contributed by atoms with Gasteiger partial charge in [0.1, 0.15) is 19.5 Å². The average molecular weight is 281 g/mol. The second kappa shape index (κ2) is 5.71. The van der Waals surface area contributed by atoms with E-state index in [0.29, 0.717) is 17.9 Å². The molecule has 0 aliphatic carbocycles. The third-order valence-corrected chi connectivity index (χ3v) is 3.26. The fourth-order valence-corrected chi connectivity index (χ4v) is 2.21. The van der Waals surface area contributed by atoms with Crippen LogP contribution in [0.5, 0.6) is 5.75 Å². The number of aromatic nitrogens is 1. The molecular weight excluding hydrogens is 266 g/mol. The second-order valence-electron chi connectivity index (χ2n) is 4.64. The van der Waals surface area contributed by atoms with Gasteiger partial charge in [0.25, 0.3) is 5.56 Å². The molecule has 106 valence electrons. The standard InChI is InChI=1S/C17H15NO3/c1-20-18-16-11-15(9-7-14(16)8-10-17(18)19)21-12-13-5-3-2-4-6-13/h2-11H,12H2,1H3. The molecule has 0 spiro atoms. The highest BCUT2D eigenvalue weighted by Gasteiger charge is 2.05. The lowest BCUT2D eigenvalue weighted by Crippen LogP contribution is -2.23. The van der Waals surface area contributed by atoms with E-state index in [1.807, 2.05) is 48.5 Å². The molecule has 4 heteroatoms. The van der Waals surface area contributed by atoms with Crippen LogP contribution >= 0.6 is 0 Å². The number of nitrogens with zero attached hydrogens (tertiary/aromatic N) is 1. The monoisotopic (exact) mass is 281 g/mol. The van der Waals surface area contributed by atoms with Crippen LogP contribution in [0.1, 0.15) is 5.56 Å². The minimum atomic E-state index is -0.204. The summed E-state index contributed by atoms with van der Waals surface area (Å²) >= 11 is 0. The molecule has 3 aromatic rings. The number of rotatable bonds is 4. The van der Waals surface area contributed by atoms with Crippen molar-refractivity contribution in [2.75, 3.05) is 7.11 Å². The molecule has 0 saturated carbocycles. The van der Waals surface area contributed by atoms with Crippen LogP contribution in [0.2, 0.25) is 0 Å². The van der Waals surface area contributed by atoms with E-state index in [9.17, 15) is 4.79 Å². The summed E-state index contributed by atoms with van der Waals surface area (Å²) in [5, 5.41) is 0.920. The molecule has 0 unspecified atom stereocenters. The number of pyridine rings is 1. The van der Waals surface area contributed by atoms with Crippen molar-refractivity contribution in [1.82, 2.24) is 4.73 Å². The van der Waals surface area contributed by atoms with Gasteiger partial charge in [-0.3, -0.25) is 4.79 Å². The molecule has 0 saturated heterocycles. The predicted octanol–water partition coefficient (Wildman–Crippen LogP) is 2.64. The number of benzene rings is 2. The fourth-order valence-electron chi connectivity index (χ4n) is 2.21. The first-order chi connectivity index (χ1) is 10.3. The number of ether oxygens (including phenoxy) is 1. The first-order valence-electron chi connectivity index (χ1n) is 6.65. The molecule has 3 rings (SSSR count). The molecule has 1 heterocycles. The van der Waals surface area contributed by atoms with Gasteiger partial charge in [-0.25, -0.2) is 0 Å². The first-order valence-corrected chi connectivity index (χ1v) is 6.65. The van der Waals surface area contributed by atoms with Crippen molar-refractivity contribution >= 4 is 10.9 Å². The van der Waals surface area contributed by atoms with Crippen LogP contribution in [0.4, 0.5) is 0 Å². The van der Waals surface area contributed by atoms with Gasteiger partial charge in [-0.2, -0.15) is 0 Å². The highest BCUT2D eigenvalue weighted by Crippen LogP contribution is 2.20. The molecule has 4 nitrogen and oxygen atoms in total. The Morgan fingerprint density at radius 1 is 1.00 bits per heavy atom. The van der Waals surface area contributed by atoms with Gasteiger partial charge >= 0.3 is 0 Å². The molecule has 0 radical (unpaired) electrons. The largest absolute Gasteiger partial charge is 0.489 e. The van der Waals surface area contributed by atoms with Crippen molar-refractivity contribution in [3.8, 4) is 5.75 Å². The normalized spacial score (nSPS) is 10.5. The van der Waals surface area contributed by atoms with Crippen molar-refractivity contribution in [1.29, 1.82) is 0 Å². The van der Waals surface area contributed by atoms with Crippen molar-refractivity contribution in [2.24, 2.45) is 0 Å². The molecule has 0 bridgehead atoms. The van der Waals surface area contributed by atoms with E-state index >= 15 is 0 Å². The van der Waals surface area contributed by atoms with Crippen LogP contribution in [0, 0.1) is 0 Å². The minimum absolute atomic E-state index is 0.204. The van der Waals surface area contributed by atoms with Gasteiger partial charge in [-0.05, 0) is 23.8 Å². The third-order valence-electron chi connectivity index (χ3n) is 3.26. The summed E-state index contributed by atoms with van der Waals surface area (Å²) in [4.78, 5) is 16.9. The molecule has 0 fully saturated rings. The zero-order valence-corrected chi connectivity index (χ0v) is 11.7. The molecule has 21 heavy (non-hydrogen) atoms.